The van der Waals surface area contributed by atoms with E-state index in [9.17, 15) is 14.3 Å². The van der Waals surface area contributed by atoms with Crippen molar-refractivity contribution in [2.45, 2.75) is 0 Å². The summed E-state index contributed by atoms with van der Waals surface area (Å²) < 4.78 is 19.5. The zero-order chi connectivity index (χ0) is 18.7. The fourth-order valence-corrected chi connectivity index (χ4v) is 2.58. The quantitative estimate of drug-likeness (QED) is 0.690. The first-order valence-corrected chi connectivity index (χ1v) is 7.81. The molecule has 0 aliphatic carbocycles. The molecule has 0 aliphatic rings. The standard InChI is InChI=1S/C18H13ClFN3O3/c1-26-17-13(12-6-10(19)2-3-15(12)20)7-11(8-22-17)23-16-4-5-21-9-14(16)18(24)25/h2-9H,1H3,(H,21,23)(H,24,25). The first-order valence-electron chi connectivity index (χ1n) is 7.43. The number of nitrogens with one attached hydrogen (secondary N) is 1. The number of benzene rings is 1. The van der Waals surface area contributed by atoms with Crippen molar-refractivity contribution in [2.24, 2.45) is 0 Å². The first kappa shape index (κ1) is 17.6. The monoisotopic (exact) mass is 373 g/mol. The van der Waals surface area contributed by atoms with Gasteiger partial charge in [-0.1, -0.05) is 11.6 Å². The van der Waals surface area contributed by atoms with E-state index in [0.717, 1.165) is 0 Å². The molecule has 0 spiro atoms. The predicted octanol–water partition coefficient (Wildman–Crippen LogP) is 4.39. The summed E-state index contributed by atoms with van der Waals surface area (Å²) in [6, 6.07) is 7.29. The number of hydrogen-bond acceptors (Lipinski definition) is 5. The Morgan fingerprint density at radius 2 is 2.04 bits per heavy atom. The minimum Gasteiger partial charge on any atom is -0.481 e. The van der Waals surface area contributed by atoms with Crippen LogP contribution in [0.2, 0.25) is 5.02 Å². The number of hydrogen-bond donors (Lipinski definition) is 2. The molecule has 0 saturated carbocycles. The number of carbonyl (C=O) groups is 1. The summed E-state index contributed by atoms with van der Waals surface area (Å²) in [5.41, 5.74) is 1.38. The summed E-state index contributed by atoms with van der Waals surface area (Å²) in [6.45, 7) is 0. The van der Waals surface area contributed by atoms with Crippen LogP contribution >= 0.6 is 11.6 Å². The average Bonchev–Trinajstić information content (AvgIpc) is 2.64. The lowest BCUT2D eigenvalue weighted by Crippen LogP contribution is -2.04. The van der Waals surface area contributed by atoms with Crippen LogP contribution < -0.4 is 10.1 Å². The molecule has 0 radical (unpaired) electrons. The van der Waals surface area contributed by atoms with Gasteiger partial charge < -0.3 is 15.2 Å². The van der Waals surface area contributed by atoms with Gasteiger partial charge in [-0.15, -0.1) is 0 Å². The lowest BCUT2D eigenvalue weighted by Gasteiger charge is -2.13. The Morgan fingerprint density at radius 3 is 2.77 bits per heavy atom. The molecule has 0 bridgehead atoms. The molecule has 0 aliphatic heterocycles. The number of methoxy groups -OCH3 is 1. The van der Waals surface area contributed by atoms with Gasteiger partial charge in [0.2, 0.25) is 5.88 Å². The normalized spacial score (nSPS) is 10.4. The van der Waals surface area contributed by atoms with E-state index >= 15 is 0 Å². The van der Waals surface area contributed by atoms with Crippen molar-refractivity contribution in [3.05, 3.63) is 65.3 Å². The number of nitrogens with zero attached hydrogens (tertiary/aromatic N) is 2. The van der Waals surface area contributed by atoms with Crippen molar-refractivity contribution in [2.75, 3.05) is 12.4 Å². The molecule has 3 rings (SSSR count). The highest BCUT2D eigenvalue weighted by atomic mass is 35.5. The van der Waals surface area contributed by atoms with Gasteiger partial charge in [-0.3, -0.25) is 4.98 Å². The fraction of sp³-hybridized carbons (Fsp3) is 0.0556. The number of aromatic nitrogens is 2. The molecule has 26 heavy (non-hydrogen) atoms. The Labute approximate surface area is 153 Å². The van der Waals surface area contributed by atoms with Crippen LogP contribution in [0.1, 0.15) is 10.4 Å². The maximum atomic E-state index is 14.3. The molecular weight excluding hydrogens is 361 g/mol. The molecule has 0 unspecified atom stereocenters. The summed E-state index contributed by atoms with van der Waals surface area (Å²) in [5.74, 6) is -1.39. The molecule has 0 fully saturated rings. The van der Waals surface area contributed by atoms with Crippen LogP contribution in [0, 0.1) is 5.82 Å². The topological polar surface area (TPSA) is 84.3 Å². The summed E-state index contributed by atoms with van der Waals surface area (Å²) in [4.78, 5) is 19.3. The molecule has 3 aromatic rings. The Bertz CT molecular complexity index is 982. The van der Waals surface area contributed by atoms with Crippen LogP contribution in [0.5, 0.6) is 5.88 Å². The van der Waals surface area contributed by atoms with Crippen molar-refractivity contribution in [3.8, 4) is 17.0 Å². The van der Waals surface area contributed by atoms with E-state index in [1.807, 2.05) is 0 Å². The van der Waals surface area contributed by atoms with E-state index in [1.165, 1.54) is 50.0 Å². The Hall–Kier alpha value is -3.19. The zero-order valence-electron chi connectivity index (χ0n) is 13.5. The molecular formula is C18H13ClFN3O3. The molecule has 0 saturated heterocycles. The Balaban J connectivity index is 2.06. The smallest absolute Gasteiger partial charge is 0.339 e. The molecule has 8 heteroatoms. The van der Waals surface area contributed by atoms with Crippen LogP contribution in [0.3, 0.4) is 0 Å². The highest BCUT2D eigenvalue weighted by Gasteiger charge is 2.15. The molecule has 132 valence electrons. The molecule has 6 nitrogen and oxygen atoms in total. The molecule has 2 heterocycles. The lowest BCUT2D eigenvalue weighted by atomic mass is 10.1. The van der Waals surface area contributed by atoms with Crippen LogP contribution in [0.15, 0.2) is 48.9 Å². The third kappa shape index (κ3) is 3.57. The third-order valence-electron chi connectivity index (χ3n) is 3.59. The highest BCUT2D eigenvalue weighted by molar-refractivity contribution is 6.30. The van der Waals surface area contributed by atoms with E-state index in [2.05, 4.69) is 15.3 Å². The SMILES string of the molecule is COc1ncc(Nc2ccncc2C(=O)O)cc1-c1cc(Cl)ccc1F. The van der Waals surface area contributed by atoms with Crippen molar-refractivity contribution in [1.82, 2.24) is 9.97 Å². The lowest BCUT2D eigenvalue weighted by molar-refractivity contribution is 0.0697. The second kappa shape index (κ2) is 7.37. The van der Waals surface area contributed by atoms with Gasteiger partial charge in [-0.2, -0.15) is 0 Å². The summed E-state index contributed by atoms with van der Waals surface area (Å²) in [7, 11) is 1.42. The number of ether oxygens (including phenoxy) is 1. The minimum atomic E-state index is -1.12. The van der Waals surface area contributed by atoms with Gasteiger partial charge in [0.25, 0.3) is 0 Å². The number of halogens is 2. The largest absolute Gasteiger partial charge is 0.481 e. The molecule has 2 N–H and O–H groups in total. The number of carboxylic acid groups (broad SMARTS) is 1. The summed E-state index contributed by atoms with van der Waals surface area (Å²) in [6.07, 6.45) is 4.15. The Morgan fingerprint density at radius 1 is 1.23 bits per heavy atom. The van der Waals surface area contributed by atoms with Gasteiger partial charge in [0, 0.05) is 28.5 Å². The molecule has 1 aromatic carbocycles. The van der Waals surface area contributed by atoms with Gasteiger partial charge in [0.15, 0.2) is 0 Å². The predicted molar refractivity (Wildman–Crippen MR) is 95.7 cm³/mol. The maximum absolute atomic E-state index is 14.3. The van der Waals surface area contributed by atoms with Crippen molar-refractivity contribution in [3.63, 3.8) is 0 Å². The van der Waals surface area contributed by atoms with Crippen LogP contribution in [-0.2, 0) is 0 Å². The van der Waals surface area contributed by atoms with E-state index in [0.29, 0.717) is 22.0 Å². The van der Waals surface area contributed by atoms with Crippen LogP contribution in [0.25, 0.3) is 11.1 Å². The first-order chi connectivity index (χ1) is 12.5. The highest BCUT2D eigenvalue weighted by Crippen LogP contribution is 2.34. The third-order valence-corrected chi connectivity index (χ3v) is 3.83. The number of pyridine rings is 2. The van der Waals surface area contributed by atoms with Gasteiger partial charge in [0.05, 0.1) is 24.7 Å². The minimum absolute atomic E-state index is 0.00111. The summed E-state index contributed by atoms with van der Waals surface area (Å²) in [5, 5.41) is 12.6. The van der Waals surface area contributed by atoms with Crippen LogP contribution in [0.4, 0.5) is 15.8 Å². The van der Waals surface area contributed by atoms with Crippen molar-refractivity contribution < 1.29 is 19.0 Å². The fourth-order valence-electron chi connectivity index (χ4n) is 2.41. The van der Waals surface area contributed by atoms with E-state index in [1.54, 1.807) is 6.07 Å². The molecule has 0 atom stereocenters. The second-order valence-electron chi connectivity index (χ2n) is 5.26. The van der Waals surface area contributed by atoms with Gasteiger partial charge in [-0.25, -0.2) is 14.2 Å². The molecule has 2 aromatic heterocycles. The number of anilines is 2. The van der Waals surface area contributed by atoms with Crippen LogP contribution in [-0.4, -0.2) is 28.2 Å². The van der Waals surface area contributed by atoms with E-state index in [4.69, 9.17) is 16.3 Å². The number of aromatic carboxylic acids is 1. The molecule has 0 amide bonds. The van der Waals surface area contributed by atoms with Gasteiger partial charge in [0.1, 0.15) is 11.4 Å². The number of carboxylic acids is 1. The van der Waals surface area contributed by atoms with E-state index in [-0.39, 0.29) is 17.0 Å². The summed E-state index contributed by atoms with van der Waals surface area (Å²) >= 11 is 5.97. The number of rotatable bonds is 5. The Kier molecular flexibility index (Phi) is 4.99. The van der Waals surface area contributed by atoms with E-state index < -0.39 is 11.8 Å². The maximum Gasteiger partial charge on any atom is 0.339 e. The van der Waals surface area contributed by atoms with Crippen molar-refractivity contribution >= 4 is 28.9 Å². The van der Waals surface area contributed by atoms with Gasteiger partial charge >= 0.3 is 5.97 Å². The van der Waals surface area contributed by atoms with Crippen molar-refractivity contribution in [1.29, 1.82) is 0 Å². The second-order valence-corrected chi connectivity index (χ2v) is 5.69. The van der Waals surface area contributed by atoms with Gasteiger partial charge in [-0.05, 0) is 30.3 Å². The zero-order valence-corrected chi connectivity index (χ0v) is 14.3. The average molecular weight is 374 g/mol.